The number of ether oxygens (including phenoxy) is 3. The Hall–Kier alpha value is -2.29. The Labute approximate surface area is 145 Å². The molecule has 8 nitrogen and oxygen atoms in total. The minimum absolute atomic E-state index is 0.0390. The molecule has 0 radical (unpaired) electrons. The third-order valence-corrected chi connectivity index (χ3v) is 6.00. The van der Waals surface area contributed by atoms with Gasteiger partial charge in [-0.05, 0) is 31.5 Å². The normalized spacial score (nSPS) is 20.3. The molecule has 136 valence electrons. The van der Waals surface area contributed by atoms with Gasteiger partial charge >= 0.3 is 5.97 Å². The molecule has 1 aromatic carbocycles. The van der Waals surface area contributed by atoms with Gasteiger partial charge in [-0.25, -0.2) is 13.2 Å². The molecule has 1 saturated heterocycles. The summed E-state index contributed by atoms with van der Waals surface area (Å²) in [6.45, 7) is 1.79. The van der Waals surface area contributed by atoms with E-state index in [0.29, 0.717) is 24.5 Å². The first kappa shape index (κ1) is 17.5. The van der Waals surface area contributed by atoms with Crippen molar-refractivity contribution in [3.8, 4) is 11.5 Å². The highest BCUT2D eigenvalue weighted by Gasteiger charge is 2.34. The fourth-order valence-electron chi connectivity index (χ4n) is 2.98. The molecule has 2 heterocycles. The predicted molar refractivity (Wildman–Crippen MR) is 87.3 cm³/mol. The lowest BCUT2D eigenvalue weighted by Gasteiger charge is -2.26. The maximum absolute atomic E-state index is 12.3. The quantitative estimate of drug-likeness (QED) is 0.701. The molecule has 0 aromatic heterocycles. The standard InChI is InChI=1S/C16H19NO7S/c1-2-17(12-5-6-25(20,21)9-12)15(18)8-22-16(19)11-3-4-13-14(7-11)24-10-23-13/h3-4,7,12H,2,5-6,8-10H2,1H3. The lowest BCUT2D eigenvalue weighted by Crippen LogP contribution is -2.43. The zero-order valence-corrected chi connectivity index (χ0v) is 14.6. The van der Waals surface area contributed by atoms with Gasteiger partial charge in [0, 0.05) is 12.6 Å². The molecule has 0 N–H and O–H groups in total. The second kappa shape index (κ2) is 6.91. The van der Waals surface area contributed by atoms with Crippen LogP contribution in [0.3, 0.4) is 0 Å². The second-order valence-corrected chi connectivity index (χ2v) is 8.11. The summed E-state index contributed by atoms with van der Waals surface area (Å²) in [4.78, 5) is 25.9. The largest absolute Gasteiger partial charge is 0.454 e. The van der Waals surface area contributed by atoms with Crippen molar-refractivity contribution in [2.45, 2.75) is 19.4 Å². The molecule has 25 heavy (non-hydrogen) atoms. The van der Waals surface area contributed by atoms with Crippen LogP contribution < -0.4 is 9.47 Å². The molecule has 1 amide bonds. The van der Waals surface area contributed by atoms with Crippen LogP contribution in [0.15, 0.2) is 18.2 Å². The number of hydrogen-bond acceptors (Lipinski definition) is 7. The van der Waals surface area contributed by atoms with Crippen molar-refractivity contribution < 1.29 is 32.2 Å². The summed E-state index contributed by atoms with van der Waals surface area (Å²) >= 11 is 0. The highest BCUT2D eigenvalue weighted by Crippen LogP contribution is 2.32. The number of amides is 1. The molecule has 0 spiro atoms. The maximum atomic E-state index is 12.3. The number of sulfone groups is 1. The summed E-state index contributed by atoms with van der Waals surface area (Å²) in [5.74, 6) is -0.0130. The van der Waals surface area contributed by atoms with Crippen LogP contribution in [-0.4, -0.2) is 62.7 Å². The zero-order valence-electron chi connectivity index (χ0n) is 13.8. The van der Waals surface area contributed by atoms with Crippen LogP contribution in [0, 0.1) is 0 Å². The number of rotatable bonds is 5. The van der Waals surface area contributed by atoms with Crippen LogP contribution >= 0.6 is 0 Å². The highest BCUT2D eigenvalue weighted by molar-refractivity contribution is 7.91. The van der Waals surface area contributed by atoms with Gasteiger partial charge in [-0.3, -0.25) is 4.79 Å². The van der Waals surface area contributed by atoms with Crippen molar-refractivity contribution in [2.75, 3.05) is 31.5 Å². The van der Waals surface area contributed by atoms with Gasteiger partial charge in [0.05, 0.1) is 17.1 Å². The van der Waals surface area contributed by atoms with E-state index in [1.807, 2.05) is 0 Å². The first-order chi connectivity index (χ1) is 11.9. The maximum Gasteiger partial charge on any atom is 0.338 e. The summed E-state index contributed by atoms with van der Waals surface area (Å²) in [5.41, 5.74) is 0.253. The number of hydrogen-bond donors (Lipinski definition) is 0. The lowest BCUT2D eigenvalue weighted by atomic mass is 10.2. The molecule has 1 unspecified atom stereocenters. The molecule has 1 aromatic rings. The average Bonchev–Trinajstić information content (AvgIpc) is 3.18. The molecule has 2 aliphatic heterocycles. The SMILES string of the molecule is CCN(C(=O)COC(=O)c1ccc2c(c1)OCO2)C1CCS(=O)(=O)C1. The summed E-state index contributed by atoms with van der Waals surface area (Å²) in [6, 6.07) is 4.27. The van der Waals surface area contributed by atoms with Crippen molar-refractivity contribution >= 4 is 21.7 Å². The van der Waals surface area contributed by atoms with E-state index in [4.69, 9.17) is 14.2 Å². The third kappa shape index (κ3) is 3.87. The van der Waals surface area contributed by atoms with Crippen molar-refractivity contribution in [1.82, 2.24) is 4.90 Å². The smallest absolute Gasteiger partial charge is 0.338 e. The molecule has 0 saturated carbocycles. The topological polar surface area (TPSA) is 99.2 Å². The average molecular weight is 369 g/mol. The van der Waals surface area contributed by atoms with Crippen molar-refractivity contribution in [3.05, 3.63) is 23.8 Å². The van der Waals surface area contributed by atoms with Crippen molar-refractivity contribution in [3.63, 3.8) is 0 Å². The third-order valence-electron chi connectivity index (χ3n) is 4.25. The van der Waals surface area contributed by atoms with E-state index >= 15 is 0 Å². The van der Waals surface area contributed by atoms with Crippen LogP contribution in [0.1, 0.15) is 23.7 Å². The summed E-state index contributed by atoms with van der Waals surface area (Å²) in [7, 11) is -3.09. The Morgan fingerprint density at radius 3 is 2.72 bits per heavy atom. The molecular formula is C16H19NO7S. The molecule has 9 heteroatoms. The van der Waals surface area contributed by atoms with E-state index in [-0.39, 0.29) is 29.9 Å². The van der Waals surface area contributed by atoms with Gasteiger partial charge in [0.1, 0.15) is 0 Å². The van der Waals surface area contributed by atoms with E-state index in [0.717, 1.165) is 0 Å². The minimum Gasteiger partial charge on any atom is -0.454 e. The number of carbonyl (C=O) groups is 2. The van der Waals surface area contributed by atoms with Gasteiger partial charge in [-0.15, -0.1) is 0 Å². The molecule has 0 bridgehead atoms. The Balaban J connectivity index is 1.58. The van der Waals surface area contributed by atoms with Gasteiger partial charge in [0.2, 0.25) is 6.79 Å². The number of esters is 1. The van der Waals surface area contributed by atoms with Crippen LogP contribution in [0.4, 0.5) is 0 Å². The van der Waals surface area contributed by atoms with Crippen LogP contribution in [0.2, 0.25) is 0 Å². The van der Waals surface area contributed by atoms with Gasteiger partial charge in [-0.2, -0.15) is 0 Å². The van der Waals surface area contributed by atoms with E-state index in [9.17, 15) is 18.0 Å². The predicted octanol–water partition coefficient (Wildman–Crippen LogP) is 0.608. The van der Waals surface area contributed by atoms with E-state index in [1.54, 1.807) is 13.0 Å². The first-order valence-electron chi connectivity index (χ1n) is 7.96. The Kier molecular flexibility index (Phi) is 4.85. The molecular weight excluding hydrogens is 350 g/mol. The van der Waals surface area contributed by atoms with E-state index < -0.39 is 28.3 Å². The van der Waals surface area contributed by atoms with Crippen molar-refractivity contribution in [1.29, 1.82) is 0 Å². The van der Waals surface area contributed by atoms with Crippen LogP contribution in [0.25, 0.3) is 0 Å². The molecule has 3 rings (SSSR count). The van der Waals surface area contributed by atoms with Gasteiger partial charge < -0.3 is 19.1 Å². The number of likely N-dealkylation sites (N-methyl/N-ethyl adjacent to an activating group) is 1. The monoisotopic (exact) mass is 369 g/mol. The highest BCUT2D eigenvalue weighted by atomic mass is 32.2. The molecule has 1 fully saturated rings. The van der Waals surface area contributed by atoms with E-state index in [1.165, 1.54) is 17.0 Å². The molecule has 2 aliphatic rings. The van der Waals surface area contributed by atoms with Gasteiger partial charge in [0.15, 0.2) is 27.9 Å². The summed E-state index contributed by atoms with van der Waals surface area (Å²) < 4.78 is 38.6. The van der Waals surface area contributed by atoms with E-state index in [2.05, 4.69) is 0 Å². The minimum atomic E-state index is -3.09. The number of fused-ring (bicyclic) bond motifs is 1. The first-order valence-corrected chi connectivity index (χ1v) is 9.78. The summed E-state index contributed by atoms with van der Waals surface area (Å²) in [6.07, 6.45) is 0.415. The van der Waals surface area contributed by atoms with Crippen molar-refractivity contribution in [2.24, 2.45) is 0 Å². The fraction of sp³-hybridized carbons (Fsp3) is 0.500. The number of carbonyl (C=O) groups excluding carboxylic acids is 2. The second-order valence-electron chi connectivity index (χ2n) is 5.88. The zero-order chi connectivity index (χ0) is 18.0. The lowest BCUT2D eigenvalue weighted by molar-refractivity contribution is -0.136. The number of benzene rings is 1. The summed E-state index contributed by atoms with van der Waals surface area (Å²) in [5, 5.41) is 0. The molecule has 1 atom stereocenters. The Bertz CT molecular complexity index is 790. The fourth-order valence-corrected chi connectivity index (χ4v) is 4.71. The Morgan fingerprint density at radius 1 is 1.28 bits per heavy atom. The Morgan fingerprint density at radius 2 is 2.04 bits per heavy atom. The van der Waals surface area contributed by atoms with Gasteiger partial charge in [-0.1, -0.05) is 0 Å². The van der Waals surface area contributed by atoms with Gasteiger partial charge in [0.25, 0.3) is 5.91 Å². The number of nitrogens with zero attached hydrogens (tertiary/aromatic N) is 1. The molecule has 0 aliphatic carbocycles. The van der Waals surface area contributed by atoms with Crippen LogP contribution in [0.5, 0.6) is 11.5 Å². The van der Waals surface area contributed by atoms with Crippen LogP contribution in [-0.2, 0) is 19.4 Å².